The first-order chi connectivity index (χ1) is 7.99. The number of carboxylic acids is 1. The number of nitrogens with one attached hydrogen (secondary N) is 1. The topological polar surface area (TPSA) is 66.4 Å². The van der Waals surface area contributed by atoms with Crippen molar-refractivity contribution >= 4 is 11.9 Å². The standard InChI is InChI=1S/C13H23NO3/c1-9(2)6-10(7-12(15)16)8-14-13(17)11-4-3-5-11/h9-11H,3-8H2,1-2H3,(H,14,17)(H,15,16). The number of carbonyl (C=O) groups is 2. The van der Waals surface area contributed by atoms with Gasteiger partial charge >= 0.3 is 5.97 Å². The summed E-state index contributed by atoms with van der Waals surface area (Å²) < 4.78 is 0. The summed E-state index contributed by atoms with van der Waals surface area (Å²) in [6, 6.07) is 0. The molecule has 1 amide bonds. The molecule has 17 heavy (non-hydrogen) atoms. The summed E-state index contributed by atoms with van der Waals surface area (Å²) in [6.45, 7) is 4.64. The van der Waals surface area contributed by atoms with E-state index in [0.29, 0.717) is 12.5 Å². The van der Waals surface area contributed by atoms with Gasteiger partial charge in [-0.1, -0.05) is 20.3 Å². The fraction of sp³-hybridized carbons (Fsp3) is 0.846. The van der Waals surface area contributed by atoms with E-state index in [1.54, 1.807) is 0 Å². The van der Waals surface area contributed by atoms with Crippen molar-refractivity contribution in [3.05, 3.63) is 0 Å². The third-order valence-electron chi connectivity index (χ3n) is 3.31. The SMILES string of the molecule is CC(C)CC(CNC(=O)C1CCC1)CC(=O)O. The van der Waals surface area contributed by atoms with E-state index in [1.807, 2.05) is 0 Å². The summed E-state index contributed by atoms with van der Waals surface area (Å²) in [6.07, 6.45) is 4.10. The minimum Gasteiger partial charge on any atom is -0.481 e. The second kappa shape index (κ2) is 6.62. The average Bonchev–Trinajstić information content (AvgIpc) is 2.09. The third kappa shape index (κ3) is 5.20. The number of carboxylic acid groups (broad SMARTS) is 1. The fourth-order valence-electron chi connectivity index (χ4n) is 2.21. The Kier molecular flexibility index (Phi) is 5.45. The van der Waals surface area contributed by atoms with Gasteiger partial charge in [0.05, 0.1) is 0 Å². The average molecular weight is 241 g/mol. The van der Waals surface area contributed by atoms with Crippen LogP contribution in [-0.4, -0.2) is 23.5 Å². The zero-order valence-electron chi connectivity index (χ0n) is 10.7. The van der Waals surface area contributed by atoms with Crippen molar-refractivity contribution in [3.63, 3.8) is 0 Å². The van der Waals surface area contributed by atoms with Gasteiger partial charge in [0.1, 0.15) is 0 Å². The van der Waals surface area contributed by atoms with Gasteiger partial charge in [0.25, 0.3) is 0 Å². The quantitative estimate of drug-likeness (QED) is 0.716. The van der Waals surface area contributed by atoms with Crippen LogP contribution in [0.3, 0.4) is 0 Å². The van der Waals surface area contributed by atoms with Crippen molar-refractivity contribution in [3.8, 4) is 0 Å². The number of hydrogen-bond donors (Lipinski definition) is 2. The van der Waals surface area contributed by atoms with Crippen molar-refractivity contribution in [2.24, 2.45) is 17.8 Å². The molecule has 2 N–H and O–H groups in total. The van der Waals surface area contributed by atoms with Crippen LogP contribution in [0.2, 0.25) is 0 Å². The first-order valence-electron chi connectivity index (χ1n) is 6.48. The lowest BCUT2D eigenvalue weighted by Gasteiger charge is -2.25. The van der Waals surface area contributed by atoms with Crippen LogP contribution in [0.25, 0.3) is 0 Å². The molecule has 0 aromatic rings. The molecule has 0 spiro atoms. The van der Waals surface area contributed by atoms with Gasteiger partial charge in [0.15, 0.2) is 0 Å². The van der Waals surface area contributed by atoms with E-state index >= 15 is 0 Å². The van der Waals surface area contributed by atoms with Gasteiger partial charge in [-0.3, -0.25) is 9.59 Å². The highest BCUT2D eigenvalue weighted by atomic mass is 16.4. The number of amides is 1. The molecule has 1 saturated carbocycles. The highest BCUT2D eigenvalue weighted by Gasteiger charge is 2.25. The molecule has 0 radical (unpaired) electrons. The molecular formula is C13H23NO3. The molecule has 4 heteroatoms. The Morgan fingerprint density at radius 3 is 2.41 bits per heavy atom. The van der Waals surface area contributed by atoms with Gasteiger partial charge in [-0.25, -0.2) is 0 Å². The van der Waals surface area contributed by atoms with Crippen molar-refractivity contribution in [1.82, 2.24) is 5.32 Å². The largest absolute Gasteiger partial charge is 0.481 e. The van der Waals surface area contributed by atoms with Crippen LogP contribution in [0.1, 0.15) is 46.0 Å². The molecule has 1 fully saturated rings. The number of rotatable bonds is 7. The first-order valence-corrected chi connectivity index (χ1v) is 6.48. The summed E-state index contributed by atoms with van der Waals surface area (Å²) in [5.41, 5.74) is 0. The van der Waals surface area contributed by atoms with Crippen molar-refractivity contribution < 1.29 is 14.7 Å². The summed E-state index contributed by atoms with van der Waals surface area (Å²) >= 11 is 0. The Balaban J connectivity index is 2.31. The molecule has 0 heterocycles. The lowest BCUT2D eigenvalue weighted by atomic mass is 9.84. The highest BCUT2D eigenvalue weighted by Crippen LogP contribution is 2.26. The van der Waals surface area contributed by atoms with Gasteiger partial charge in [-0.05, 0) is 31.1 Å². The molecule has 1 aliphatic rings. The molecule has 0 bridgehead atoms. The Bertz CT molecular complexity index is 272. The van der Waals surface area contributed by atoms with Crippen LogP contribution in [0.15, 0.2) is 0 Å². The Labute approximate surface area is 103 Å². The summed E-state index contributed by atoms with van der Waals surface area (Å²) in [5.74, 6) is 0.0138. The third-order valence-corrected chi connectivity index (χ3v) is 3.31. The molecule has 1 unspecified atom stereocenters. The van der Waals surface area contributed by atoms with Gasteiger partial charge in [0, 0.05) is 18.9 Å². The van der Waals surface area contributed by atoms with Gasteiger partial charge in [-0.15, -0.1) is 0 Å². The maximum atomic E-state index is 11.6. The predicted octanol–water partition coefficient (Wildman–Crippen LogP) is 2.04. The van der Waals surface area contributed by atoms with Crippen LogP contribution >= 0.6 is 0 Å². The van der Waals surface area contributed by atoms with E-state index in [9.17, 15) is 9.59 Å². The van der Waals surface area contributed by atoms with Gasteiger partial charge in [0.2, 0.25) is 5.91 Å². The lowest BCUT2D eigenvalue weighted by molar-refractivity contribution is -0.138. The van der Waals surface area contributed by atoms with E-state index in [2.05, 4.69) is 19.2 Å². The fourth-order valence-corrected chi connectivity index (χ4v) is 2.21. The van der Waals surface area contributed by atoms with Crippen molar-refractivity contribution in [1.29, 1.82) is 0 Å². The molecule has 1 rings (SSSR count). The zero-order chi connectivity index (χ0) is 12.8. The Morgan fingerprint density at radius 1 is 1.35 bits per heavy atom. The van der Waals surface area contributed by atoms with Gasteiger partial charge in [-0.2, -0.15) is 0 Å². The first kappa shape index (κ1) is 14.0. The van der Waals surface area contributed by atoms with Crippen LogP contribution in [0, 0.1) is 17.8 Å². The Morgan fingerprint density at radius 2 is 2.00 bits per heavy atom. The summed E-state index contributed by atoms with van der Waals surface area (Å²) in [4.78, 5) is 22.4. The van der Waals surface area contributed by atoms with E-state index in [-0.39, 0.29) is 24.2 Å². The molecule has 0 aromatic carbocycles. The summed E-state index contributed by atoms with van der Waals surface area (Å²) in [5, 5.41) is 11.7. The minimum absolute atomic E-state index is 0.0523. The molecular weight excluding hydrogens is 218 g/mol. The zero-order valence-corrected chi connectivity index (χ0v) is 10.7. The van der Waals surface area contributed by atoms with E-state index in [1.165, 1.54) is 0 Å². The molecule has 98 valence electrons. The van der Waals surface area contributed by atoms with E-state index < -0.39 is 5.97 Å². The van der Waals surface area contributed by atoms with Crippen LogP contribution < -0.4 is 5.32 Å². The normalized spacial score (nSPS) is 17.6. The second-order valence-electron chi connectivity index (χ2n) is 5.47. The predicted molar refractivity (Wildman–Crippen MR) is 65.5 cm³/mol. The maximum absolute atomic E-state index is 11.6. The highest BCUT2D eigenvalue weighted by molar-refractivity contribution is 5.79. The van der Waals surface area contributed by atoms with Crippen molar-refractivity contribution in [2.45, 2.75) is 46.0 Å². The smallest absolute Gasteiger partial charge is 0.303 e. The van der Waals surface area contributed by atoms with Crippen LogP contribution in [0.5, 0.6) is 0 Å². The molecule has 4 nitrogen and oxygen atoms in total. The van der Waals surface area contributed by atoms with Crippen LogP contribution in [-0.2, 0) is 9.59 Å². The molecule has 1 aliphatic carbocycles. The number of aliphatic carboxylic acids is 1. The Hall–Kier alpha value is -1.06. The van der Waals surface area contributed by atoms with Gasteiger partial charge < -0.3 is 10.4 Å². The second-order valence-corrected chi connectivity index (χ2v) is 5.47. The maximum Gasteiger partial charge on any atom is 0.303 e. The monoisotopic (exact) mass is 241 g/mol. The van der Waals surface area contributed by atoms with E-state index in [0.717, 1.165) is 25.7 Å². The van der Waals surface area contributed by atoms with Crippen LogP contribution in [0.4, 0.5) is 0 Å². The molecule has 0 aromatic heterocycles. The molecule has 0 aliphatic heterocycles. The minimum atomic E-state index is -0.784. The van der Waals surface area contributed by atoms with Crippen molar-refractivity contribution in [2.75, 3.05) is 6.54 Å². The lowest BCUT2D eigenvalue weighted by Crippen LogP contribution is -2.37. The number of hydrogen-bond acceptors (Lipinski definition) is 2. The summed E-state index contributed by atoms with van der Waals surface area (Å²) in [7, 11) is 0. The molecule has 1 atom stereocenters. The van der Waals surface area contributed by atoms with E-state index in [4.69, 9.17) is 5.11 Å². The molecule has 0 saturated heterocycles. The number of carbonyl (C=O) groups excluding carboxylic acids is 1.